The number of nitrogens with one attached hydrogen (secondary N) is 1. The first-order valence-electron chi connectivity index (χ1n) is 4.73. The molecular weight excluding hydrogens is 150 g/mol. The summed E-state index contributed by atoms with van der Waals surface area (Å²) >= 11 is 0. The van der Waals surface area contributed by atoms with Crippen molar-refractivity contribution in [3.8, 4) is 0 Å². The maximum absolute atomic E-state index is 11.3. The lowest BCUT2D eigenvalue weighted by Gasteiger charge is -2.23. The summed E-state index contributed by atoms with van der Waals surface area (Å²) in [5, 5.41) is 2.93. The summed E-state index contributed by atoms with van der Waals surface area (Å²) in [6.07, 6.45) is 8.45. The zero-order valence-electron chi connectivity index (χ0n) is 7.68. The van der Waals surface area contributed by atoms with Crippen LogP contribution in [0, 0.1) is 5.92 Å². The summed E-state index contributed by atoms with van der Waals surface area (Å²) < 4.78 is 0. The summed E-state index contributed by atoms with van der Waals surface area (Å²) in [7, 11) is 0. The second-order valence-corrected chi connectivity index (χ2v) is 3.28. The lowest BCUT2D eigenvalue weighted by molar-refractivity contribution is -0.127. The van der Waals surface area contributed by atoms with Crippen molar-refractivity contribution in [2.45, 2.75) is 32.6 Å². The van der Waals surface area contributed by atoms with Crippen LogP contribution in [0.15, 0.2) is 12.2 Å². The molecule has 0 spiro atoms. The molecule has 1 amide bonds. The van der Waals surface area contributed by atoms with Crippen molar-refractivity contribution in [3.63, 3.8) is 0 Å². The SMILES string of the molecule is C/C=C/CCNC(=O)C1CCC1. The zero-order chi connectivity index (χ0) is 8.81. The molecule has 1 rings (SSSR count). The predicted molar refractivity (Wildman–Crippen MR) is 49.8 cm³/mol. The Morgan fingerprint density at radius 1 is 1.58 bits per heavy atom. The van der Waals surface area contributed by atoms with Crippen molar-refractivity contribution < 1.29 is 4.79 Å². The fraction of sp³-hybridized carbons (Fsp3) is 0.700. The van der Waals surface area contributed by atoms with E-state index in [0.717, 1.165) is 25.8 Å². The molecule has 0 heterocycles. The lowest BCUT2D eigenvalue weighted by Crippen LogP contribution is -2.34. The van der Waals surface area contributed by atoms with Gasteiger partial charge in [0.05, 0.1) is 0 Å². The van der Waals surface area contributed by atoms with Gasteiger partial charge in [-0.2, -0.15) is 0 Å². The molecule has 12 heavy (non-hydrogen) atoms. The highest BCUT2D eigenvalue weighted by atomic mass is 16.1. The van der Waals surface area contributed by atoms with Crippen LogP contribution in [0.1, 0.15) is 32.6 Å². The first kappa shape index (κ1) is 9.30. The highest BCUT2D eigenvalue weighted by Gasteiger charge is 2.24. The predicted octanol–water partition coefficient (Wildman–Crippen LogP) is 1.87. The highest BCUT2D eigenvalue weighted by Crippen LogP contribution is 2.25. The van der Waals surface area contributed by atoms with Crippen molar-refractivity contribution in [3.05, 3.63) is 12.2 Å². The van der Waals surface area contributed by atoms with Gasteiger partial charge in [0, 0.05) is 12.5 Å². The van der Waals surface area contributed by atoms with Crippen LogP contribution in [0.3, 0.4) is 0 Å². The summed E-state index contributed by atoms with van der Waals surface area (Å²) in [5.74, 6) is 0.585. The molecule has 0 aromatic carbocycles. The number of hydrogen-bond donors (Lipinski definition) is 1. The molecule has 0 radical (unpaired) electrons. The monoisotopic (exact) mass is 167 g/mol. The second-order valence-electron chi connectivity index (χ2n) is 3.28. The second kappa shape index (κ2) is 4.96. The fourth-order valence-corrected chi connectivity index (χ4v) is 1.26. The van der Waals surface area contributed by atoms with Gasteiger partial charge in [-0.25, -0.2) is 0 Å². The molecule has 1 aliphatic carbocycles. The normalized spacial score (nSPS) is 17.8. The summed E-state index contributed by atoms with van der Waals surface area (Å²) in [4.78, 5) is 11.3. The zero-order valence-corrected chi connectivity index (χ0v) is 7.68. The van der Waals surface area contributed by atoms with Gasteiger partial charge in [-0.3, -0.25) is 4.79 Å². The van der Waals surface area contributed by atoms with E-state index in [1.807, 2.05) is 13.0 Å². The van der Waals surface area contributed by atoms with E-state index in [0.29, 0.717) is 5.92 Å². The number of carbonyl (C=O) groups excluding carboxylic acids is 1. The third-order valence-corrected chi connectivity index (χ3v) is 2.32. The van der Waals surface area contributed by atoms with Crippen LogP contribution in [0.2, 0.25) is 0 Å². The molecule has 2 nitrogen and oxygen atoms in total. The number of allylic oxidation sites excluding steroid dienone is 1. The molecule has 0 aromatic rings. The average Bonchev–Trinajstić information content (AvgIpc) is 1.95. The van der Waals surface area contributed by atoms with E-state index in [-0.39, 0.29) is 5.91 Å². The van der Waals surface area contributed by atoms with Crippen LogP contribution in [-0.4, -0.2) is 12.5 Å². The topological polar surface area (TPSA) is 29.1 Å². The summed E-state index contributed by atoms with van der Waals surface area (Å²) in [6.45, 7) is 2.79. The molecule has 1 aliphatic rings. The molecule has 0 bridgehead atoms. The average molecular weight is 167 g/mol. The van der Waals surface area contributed by atoms with Crippen molar-refractivity contribution in [2.24, 2.45) is 5.92 Å². The van der Waals surface area contributed by atoms with Gasteiger partial charge in [-0.15, -0.1) is 0 Å². The van der Waals surface area contributed by atoms with Crippen LogP contribution in [0.4, 0.5) is 0 Å². The molecule has 0 unspecified atom stereocenters. The molecular formula is C10H17NO. The minimum Gasteiger partial charge on any atom is -0.356 e. The van der Waals surface area contributed by atoms with E-state index in [4.69, 9.17) is 0 Å². The maximum atomic E-state index is 11.3. The molecule has 1 fully saturated rings. The Labute approximate surface area is 74.0 Å². The third kappa shape index (κ3) is 2.68. The highest BCUT2D eigenvalue weighted by molar-refractivity contribution is 5.79. The minimum absolute atomic E-state index is 0.255. The Morgan fingerprint density at radius 2 is 2.33 bits per heavy atom. The molecule has 68 valence electrons. The van der Waals surface area contributed by atoms with Crippen molar-refractivity contribution in [1.82, 2.24) is 5.32 Å². The number of rotatable bonds is 4. The molecule has 0 aromatic heterocycles. The van der Waals surface area contributed by atoms with Gasteiger partial charge < -0.3 is 5.32 Å². The Morgan fingerprint density at radius 3 is 2.83 bits per heavy atom. The molecule has 0 aliphatic heterocycles. The van der Waals surface area contributed by atoms with Gasteiger partial charge in [0.25, 0.3) is 0 Å². The third-order valence-electron chi connectivity index (χ3n) is 2.32. The van der Waals surface area contributed by atoms with E-state index in [1.165, 1.54) is 6.42 Å². The van der Waals surface area contributed by atoms with Crippen LogP contribution < -0.4 is 5.32 Å². The van der Waals surface area contributed by atoms with E-state index in [2.05, 4.69) is 11.4 Å². The Balaban J connectivity index is 2.02. The number of amides is 1. The molecule has 0 atom stereocenters. The number of hydrogen-bond acceptors (Lipinski definition) is 1. The van der Waals surface area contributed by atoms with E-state index in [9.17, 15) is 4.79 Å². The standard InChI is InChI=1S/C10H17NO/c1-2-3-4-8-11-10(12)9-6-5-7-9/h2-3,9H,4-8H2,1H3,(H,11,12)/b3-2+. The van der Waals surface area contributed by atoms with Gasteiger partial charge in [0.2, 0.25) is 5.91 Å². The molecule has 1 N–H and O–H groups in total. The van der Waals surface area contributed by atoms with Crippen LogP contribution >= 0.6 is 0 Å². The van der Waals surface area contributed by atoms with Crippen LogP contribution in [-0.2, 0) is 4.79 Å². The number of carbonyl (C=O) groups is 1. The quantitative estimate of drug-likeness (QED) is 0.502. The van der Waals surface area contributed by atoms with Crippen LogP contribution in [0.25, 0.3) is 0 Å². The first-order valence-corrected chi connectivity index (χ1v) is 4.73. The van der Waals surface area contributed by atoms with Crippen molar-refractivity contribution >= 4 is 5.91 Å². The fourth-order valence-electron chi connectivity index (χ4n) is 1.26. The molecule has 1 saturated carbocycles. The molecule has 2 heteroatoms. The van der Waals surface area contributed by atoms with Gasteiger partial charge in [0.15, 0.2) is 0 Å². The Hall–Kier alpha value is -0.790. The van der Waals surface area contributed by atoms with Gasteiger partial charge >= 0.3 is 0 Å². The largest absolute Gasteiger partial charge is 0.356 e. The first-order chi connectivity index (χ1) is 5.84. The minimum atomic E-state index is 0.255. The van der Waals surface area contributed by atoms with Crippen molar-refractivity contribution in [1.29, 1.82) is 0 Å². The van der Waals surface area contributed by atoms with E-state index >= 15 is 0 Å². The van der Waals surface area contributed by atoms with Gasteiger partial charge in [-0.1, -0.05) is 18.6 Å². The van der Waals surface area contributed by atoms with Crippen LogP contribution in [0.5, 0.6) is 0 Å². The van der Waals surface area contributed by atoms with Crippen molar-refractivity contribution in [2.75, 3.05) is 6.54 Å². The maximum Gasteiger partial charge on any atom is 0.223 e. The smallest absolute Gasteiger partial charge is 0.223 e. The summed E-state index contributed by atoms with van der Waals surface area (Å²) in [5.41, 5.74) is 0. The van der Waals surface area contributed by atoms with E-state index < -0.39 is 0 Å². The van der Waals surface area contributed by atoms with E-state index in [1.54, 1.807) is 0 Å². The summed E-state index contributed by atoms with van der Waals surface area (Å²) in [6, 6.07) is 0. The lowest BCUT2D eigenvalue weighted by atomic mass is 9.85. The van der Waals surface area contributed by atoms with Gasteiger partial charge in [-0.05, 0) is 26.2 Å². The van der Waals surface area contributed by atoms with Gasteiger partial charge in [0.1, 0.15) is 0 Å². The Kier molecular flexibility index (Phi) is 3.85. The Bertz CT molecular complexity index is 171. The molecule has 0 saturated heterocycles.